The predicted molar refractivity (Wildman–Crippen MR) is 70.6 cm³/mol. The van der Waals surface area contributed by atoms with E-state index in [4.69, 9.17) is 4.74 Å². The summed E-state index contributed by atoms with van der Waals surface area (Å²) in [6.07, 6.45) is 1.18. The summed E-state index contributed by atoms with van der Waals surface area (Å²) < 4.78 is 17.2. The molecule has 1 fully saturated rings. The van der Waals surface area contributed by atoms with Crippen LogP contribution in [0.3, 0.4) is 0 Å². The number of hydrogen-bond acceptors (Lipinski definition) is 4. The van der Waals surface area contributed by atoms with Gasteiger partial charge in [-0.2, -0.15) is 0 Å². The van der Waals surface area contributed by atoms with Crippen molar-refractivity contribution in [2.45, 2.75) is 50.5 Å². The molecular formula is C12H25NO3S. The molecule has 2 N–H and O–H groups in total. The second kappa shape index (κ2) is 6.83. The van der Waals surface area contributed by atoms with Gasteiger partial charge in [0.1, 0.15) is 0 Å². The van der Waals surface area contributed by atoms with Crippen LogP contribution in [-0.2, 0) is 15.5 Å². The number of nitrogens with one attached hydrogen (secondary N) is 1. The molecule has 1 aliphatic heterocycles. The van der Waals surface area contributed by atoms with Crippen molar-refractivity contribution in [1.82, 2.24) is 5.32 Å². The molecule has 0 amide bonds. The Bertz CT molecular complexity index is 247. The molecular weight excluding hydrogens is 238 g/mol. The first-order valence-electron chi connectivity index (χ1n) is 6.26. The van der Waals surface area contributed by atoms with Crippen LogP contribution in [-0.4, -0.2) is 51.7 Å². The number of rotatable bonds is 5. The Morgan fingerprint density at radius 1 is 1.41 bits per heavy atom. The third-order valence-corrected chi connectivity index (χ3v) is 4.69. The fraction of sp³-hybridized carbons (Fsp3) is 1.00. The minimum atomic E-state index is -0.935. The molecule has 17 heavy (non-hydrogen) atoms. The molecule has 0 radical (unpaired) electrons. The molecule has 0 spiro atoms. The first-order chi connectivity index (χ1) is 7.88. The Balaban J connectivity index is 2.25. The summed E-state index contributed by atoms with van der Waals surface area (Å²) in [7, 11) is -0.935. The van der Waals surface area contributed by atoms with Gasteiger partial charge in [-0.15, -0.1) is 0 Å². The van der Waals surface area contributed by atoms with Crippen molar-refractivity contribution in [3.05, 3.63) is 0 Å². The lowest BCUT2D eigenvalue weighted by Gasteiger charge is -2.25. The lowest BCUT2D eigenvalue weighted by molar-refractivity contribution is 0.0989. The standard InChI is InChI=1S/C12H25NO3S/c1-12(2,3)13-8-10(14)9-17(15)11-4-6-16-7-5-11/h10-11,13-14H,4-9H2,1-3H3. The van der Waals surface area contributed by atoms with Crippen molar-refractivity contribution in [3.63, 3.8) is 0 Å². The van der Waals surface area contributed by atoms with Gasteiger partial charge >= 0.3 is 0 Å². The monoisotopic (exact) mass is 263 g/mol. The van der Waals surface area contributed by atoms with Gasteiger partial charge in [0.15, 0.2) is 0 Å². The zero-order chi connectivity index (χ0) is 12.9. The van der Waals surface area contributed by atoms with E-state index in [0.717, 1.165) is 12.8 Å². The Labute approximate surface area is 107 Å². The first kappa shape index (κ1) is 15.1. The van der Waals surface area contributed by atoms with Crippen molar-refractivity contribution in [2.24, 2.45) is 0 Å². The molecule has 0 saturated carbocycles. The summed E-state index contributed by atoms with van der Waals surface area (Å²) in [6.45, 7) is 8.05. The van der Waals surface area contributed by atoms with E-state index < -0.39 is 16.9 Å². The Hall–Kier alpha value is 0.0300. The molecule has 102 valence electrons. The molecule has 0 bridgehead atoms. The summed E-state index contributed by atoms with van der Waals surface area (Å²) in [5, 5.41) is 13.2. The smallest absolute Gasteiger partial charge is 0.0779 e. The van der Waals surface area contributed by atoms with Gasteiger partial charge in [-0.25, -0.2) is 0 Å². The highest BCUT2D eigenvalue weighted by atomic mass is 32.2. The SMILES string of the molecule is CC(C)(C)NCC(O)CS(=O)C1CCOCC1. The summed E-state index contributed by atoms with van der Waals surface area (Å²) in [6, 6.07) is 0. The topological polar surface area (TPSA) is 58.6 Å². The molecule has 0 aromatic carbocycles. The maximum absolute atomic E-state index is 12.0. The van der Waals surface area contributed by atoms with E-state index in [-0.39, 0.29) is 10.8 Å². The van der Waals surface area contributed by atoms with Gasteiger partial charge in [-0.3, -0.25) is 4.21 Å². The minimum absolute atomic E-state index is 0.0127. The highest BCUT2D eigenvalue weighted by Gasteiger charge is 2.22. The molecule has 5 heteroatoms. The van der Waals surface area contributed by atoms with Crippen molar-refractivity contribution in [2.75, 3.05) is 25.5 Å². The summed E-state index contributed by atoms with van der Waals surface area (Å²) >= 11 is 0. The lowest BCUT2D eigenvalue weighted by atomic mass is 10.1. The van der Waals surface area contributed by atoms with Crippen molar-refractivity contribution in [1.29, 1.82) is 0 Å². The zero-order valence-corrected chi connectivity index (χ0v) is 11.9. The first-order valence-corrected chi connectivity index (χ1v) is 7.65. The van der Waals surface area contributed by atoms with Crippen molar-refractivity contribution < 1.29 is 14.1 Å². The fourth-order valence-corrected chi connectivity index (χ4v) is 3.23. The molecule has 1 heterocycles. The second-order valence-corrected chi connectivity index (χ2v) is 7.41. The maximum atomic E-state index is 12.0. The van der Waals surface area contributed by atoms with Gasteiger partial charge in [0, 0.05) is 41.3 Å². The number of aliphatic hydroxyl groups is 1. The van der Waals surface area contributed by atoms with E-state index in [1.54, 1.807) is 0 Å². The predicted octanol–water partition coefficient (Wildman–Crippen LogP) is 0.663. The molecule has 1 aliphatic rings. The van der Waals surface area contributed by atoms with Crippen LogP contribution in [0.15, 0.2) is 0 Å². The van der Waals surface area contributed by atoms with E-state index >= 15 is 0 Å². The quantitative estimate of drug-likeness (QED) is 0.765. The lowest BCUT2D eigenvalue weighted by Crippen LogP contribution is -2.43. The number of aliphatic hydroxyl groups excluding tert-OH is 1. The van der Waals surface area contributed by atoms with Crippen molar-refractivity contribution >= 4 is 10.8 Å². The summed E-state index contributed by atoms with van der Waals surface area (Å²) in [5.74, 6) is 0.369. The van der Waals surface area contributed by atoms with Gasteiger partial charge in [0.05, 0.1) is 11.9 Å². The van der Waals surface area contributed by atoms with Crippen LogP contribution in [0.2, 0.25) is 0 Å². The van der Waals surface area contributed by atoms with E-state index in [2.05, 4.69) is 26.1 Å². The average molecular weight is 263 g/mol. The van der Waals surface area contributed by atoms with Crippen LogP contribution in [0.4, 0.5) is 0 Å². The second-order valence-electron chi connectivity index (χ2n) is 5.64. The molecule has 4 nitrogen and oxygen atoms in total. The van der Waals surface area contributed by atoms with Crippen LogP contribution < -0.4 is 5.32 Å². The molecule has 0 aromatic rings. The molecule has 1 saturated heterocycles. The van der Waals surface area contributed by atoms with Crippen LogP contribution in [0.5, 0.6) is 0 Å². The normalized spacial score (nSPS) is 22.4. The molecule has 2 atom stereocenters. The van der Waals surface area contributed by atoms with Gasteiger partial charge in [0.2, 0.25) is 0 Å². The highest BCUT2D eigenvalue weighted by Crippen LogP contribution is 2.14. The fourth-order valence-electron chi connectivity index (χ4n) is 1.75. The van der Waals surface area contributed by atoms with E-state index in [0.29, 0.717) is 25.5 Å². The van der Waals surface area contributed by atoms with Crippen LogP contribution in [0.1, 0.15) is 33.6 Å². The maximum Gasteiger partial charge on any atom is 0.0779 e. The summed E-state index contributed by atoms with van der Waals surface area (Å²) in [5.41, 5.74) is -0.0127. The number of hydrogen-bond donors (Lipinski definition) is 2. The highest BCUT2D eigenvalue weighted by molar-refractivity contribution is 7.85. The van der Waals surface area contributed by atoms with Crippen LogP contribution in [0.25, 0.3) is 0 Å². The average Bonchev–Trinajstić information content (AvgIpc) is 2.27. The Morgan fingerprint density at radius 2 is 2.00 bits per heavy atom. The largest absolute Gasteiger partial charge is 0.391 e. The molecule has 1 rings (SSSR count). The third kappa shape index (κ3) is 6.50. The Kier molecular flexibility index (Phi) is 6.06. The van der Waals surface area contributed by atoms with Crippen LogP contribution in [0, 0.1) is 0 Å². The van der Waals surface area contributed by atoms with Crippen LogP contribution >= 0.6 is 0 Å². The van der Waals surface area contributed by atoms with Crippen molar-refractivity contribution in [3.8, 4) is 0 Å². The van der Waals surface area contributed by atoms with Gasteiger partial charge in [-0.1, -0.05) is 0 Å². The molecule has 0 aliphatic carbocycles. The zero-order valence-electron chi connectivity index (χ0n) is 11.1. The molecule has 2 unspecified atom stereocenters. The van der Waals surface area contributed by atoms with E-state index in [1.165, 1.54) is 0 Å². The number of ether oxygens (including phenoxy) is 1. The van der Waals surface area contributed by atoms with E-state index in [9.17, 15) is 9.32 Å². The number of β-amino-alcohol motifs (C(OH)–C–C–N with tert-alkyl or cyclic N) is 1. The van der Waals surface area contributed by atoms with Gasteiger partial charge < -0.3 is 15.2 Å². The van der Waals surface area contributed by atoms with Gasteiger partial charge in [-0.05, 0) is 33.6 Å². The summed E-state index contributed by atoms with van der Waals surface area (Å²) in [4.78, 5) is 0. The minimum Gasteiger partial charge on any atom is -0.391 e. The Morgan fingerprint density at radius 3 is 2.53 bits per heavy atom. The van der Waals surface area contributed by atoms with E-state index in [1.807, 2.05) is 0 Å². The van der Waals surface area contributed by atoms with Gasteiger partial charge in [0.25, 0.3) is 0 Å². The molecule has 0 aromatic heterocycles. The third-order valence-electron chi connectivity index (χ3n) is 2.76.